The first kappa shape index (κ1) is 17.2. The lowest BCUT2D eigenvalue weighted by Gasteiger charge is -2.07. The Hall–Kier alpha value is -4.21. The molecule has 0 aliphatic carbocycles. The summed E-state index contributed by atoms with van der Waals surface area (Å²) in [4.78, 5) is 20.5. The van der Waals surface area contributed by atoms with E-state index in [9.17, 15) is 14.3 Å². The Labute approximate surface area is 157 Å². The molecular formula is C18H14FN7O2. The minimum Gasteiger partial charge on any atom is -0.505 e. The highest BCUT2D eigenvalue weighted by atomic mass is 19.1. The zero-order chi connectivity index (χ0) is 19.7. The van der Waals surface area contributed by atoms with E-state index >= 15 is 0 Å². The Bertz CT molecular complexity index is 1190. The Morgan fingerprint density at radius 3 is 2.75 bits per heavy atom. The van der Waals surface area contributed by atoms with Gasteiger partial charge < -0.3 is 21.5 Å². The van der Waals surface area contributed by atoms with Gasteiger partial charge in [-0.15, -0.1) is 0 Å². The molecule has 1 amide bonds. The number of hydrogen-bond donors (Lipinski definition) is 5. The van der Waals surface area contributed by atoms with Crippen molar-refractivity contribution in [2.45, 2.75) is 0 Å². The number of rotatable bonds is 4. The summed E-state index contributed by atoms with van der Waals surface area (Å²) in [7, 11) is 0. The van der Waals surface area contributed by atoms with Crippen LogP contribution in [-0.4, -0.2) is 31.2 Å². The van der Waals surface area contributed by atoms with Gasteiger partial charge in [0.2, 0.25) is 5.95 Å². The number of halogens is 1. The van der Waals surface area contributed by atoms with Crippen molar-refractivity contribution >= 4 is 40.0 Å². The number of carbonyl (C=O) groups excluding carboxylic acids is 1. The van der Waals surface area contributed by atoms with E-state index in [0.717, 1.165) is 12.1 Å². The van der Waals surface area contributed by atoms with Crippen molar-refractivity contribution in [2.75, 3.05) is 16.4 Å². The lowest BCUT2D eigenvalue weighted by atomic mass is 10.1. The summed E-state index contributed by atoms with van der Waals surface area (Å²) in [6.07, 6.45) is 1.52. The maximum Gasteiger partial charge on any atom is 0.276 e. The molecule has 0 atom stereocenters. The molecule has 2 aromatic heterocycles. The number of nitrogens with zero attached hydrogens (tertiary/aromatic N) is 3. The Balaban J connectivity index is 1.62. The molecule has 6 N–H and O–H groups in total. The van der Waals surface area contributed by atoms with Gasteiger partial charge in [-0.05, 0) is 36.4 Å². The Kier molecular flexibility index (Phi) is 4.20. The van der Waals surface area contributed by atoms with E-state index in [-0.39, 0.29) is 17.3 Å². The summed E-state index contributed by atoms with van der Waals surface area (Å²) in [6, 6.07) is 10.5. The second kappa shape index (κ2) is 6.83. The minimum absolute atomic E-state index is 0.134. The fourth-order valence-electron chi connectivity index (χ4n) is 2.63. The van der Waals surface area contributed by atoms with Gasteiger partial charge in [0.15, 0.2) is 17.3 Å². The fraction of sp³-hybridized carbons (Fsp3) is 0. The van der Waals surface area contributed by atoms with Crippen LogP contribution in [0.4, 0.5) is 27.5 Å². The standard InChI is InChI=1S/C18H14FN7O2/c19-12-8-10(2-4-14(12)27)23-17(28)16-11-7-9(1-3-13(11)25-26-16)22-15-5-6-21-18(20)24-15/h1-8,27H,(H,23,28)(H,25,26)(H3,20,21,22,24). The van der Waals surface area contributed by atoms with Crippen molar-refractivity contribution < 1.29 is 14.3 Å². The molecule has 2 heterocycles. The highest BCUT2D eigenvalue weighted by Gasteiger charge is 2.16. The first-order valence-electron chi connectivity index (χ1n) is 8.13. The molecule has 140 valence electrons. The van der Waals surface area contributed by atoms with E-state index < -0.39 is 17.5 Å². The summed E-state index contributed by atoms with van der Waals surface area (Å²) in [5.74, 6) is -1.22. The molecule has 0 bridgehead atoms. The molecule has 4 rings (SSSR count). The third-order valence-electron chi connectivity index (χ3n) is 3.93. The van der Waals surface area contributed by atoms with Gasteiger partial charge in [0.1, 0.15) is 5.82 Å². The average Bonchev–Trinajstić information content (AvgIpc) is 3.08. The van der Waals surface area contributed by atoms with Crippen LogP contribution in [0.1, 0.15) is 10.5 Å². The zero-order valence-corrected chi connectivity index (χ0v) is 14.3. The van der Waals surface area contributed by atoms with Gasteiger partial charge in [0.25, 0.3) is 5.91 Å². The van der Waals surface area contributed by atoms with Crippen molar-refractivity contribution in [2.24, 2.45) is 0 Å². The number of nitrogen functional groups attached to an aromatic ring is 1. The summed E-state index contributed by atoms with van der Waals surface area (Å²) >= 11 is 0. The van der Waals surface area contributed by atoms with Crippen LogP contribution in [0.25, 0.3) is 10.9 Å². The molecule has 0 unspecified atom stereocenters. The van der Waals surface area contributed by atoms with Crippen LogP contribution < -0.4 is 16.4 Å². The molecule has 0 saturated heterocycles. The SMILES string of the molecule is Nc1nccc(Nc2ccc3[nH]nc(C(=O)Nc4ccc(O)c(F)c4)c3c2)n1. The maximum atomic E-state index is 13.5. The number of carbonyl (C=O) groups is 1. The number of hydrogen-bond acceptors (Lipinski definition) is 7. The number of H-pyrrole nitrogens is 1. The minimum atomic E-state index is -0.833. The Morgan fingerprint density at radius 2 is 1.96 bits per heavy atom. The van der Waals surface area contributed by atoms with Gasteiger partial charge in [0, 0.05) is 29.0 Å². The number of aromatic nitrogens is 4. The normalized spacial score (nSPS) is 10.8. The highest BCUT2D eigenvalue weighted by Crippen LogP contribution is 2.24. The first-order valence-corrected chi connectivity index (χ1v) is 8.13. The van der Waals surface area contributed by atoms with E-state index in [1.165, 1.54) is 12.3 Å². The molecule has 0 aliphatic rings. The van der Waals surface area contributed by atoms with Gasteiger partial charge in [-0.3, -0.25) is 9.89 Å². The molecule has 9 nitrogen and oxygen atoms in total. The number of nitrogens with two attached hydrogens (primary N) is 1. The number of aromatic amines is 1. The van der Waals surface area contributed by atoms with Crippen molar-refractivity contribution in [1.82, 2.24) is 20.2 Å². The zero-order valence-electron chi connectivity index (χ0n) is 14.3. The lowest BCUT2D eigenvalue weighted by Crippen LogP contribution is -2.13. The quantitative estimate of drug-likeness (QED) is 0.343. The topological polar surface area (TPSA) is 142 Å². The molecular weight excluding hydrogens is 365 g/mol. The second-order valence-electron chi connectivity index (χ2n) is 5.88. The van der Waals surface area contributed by atoms with Crippen LogP contribution in [0, 0.1) is 5.82 Å². The van der Waals surface area contributed by atoms with Crippen molar-refractivity contribution in [3.8, 4) is 5.75 Å². The van der Waals surface area contributed by atoms with Crippen LogP contribution >= 0.6 is 0 Å². The Morgan fingerprint density at radius 1 is 1.14 bits per heavy atom. The van der Waals surface area contributed by atoms with E-state index in [1.54, 1.807) is 24.3 Å². The number of aromatic hydroxyl groups is 1. The molecule has 4 aromatic rings. The van der Waals surface area contributed by atoms with Crippen LogP contribution in [0.5, 0.6) is 5.75 Å². The van der Waals surface area contributed by atoms with Gasteiger partial charge in [-0.25, -0.2) is 9.37 Å². The molecule has 0 saturated carbocycles. The van der Waals surface area contributed by atoms with Crippen molar-refractivity contribution in [3.05, 3.63) is 60.2 Å². The molecule has 0 radical (unpaired) electrons. The van der Waals surface area contributed by atoms with Crippen LogP contribution in [0.3, 0.4) is 0 Å². The predicted octanol–water partition coefficient (Wildman–Crippen LogP) is 2.78. The molecule has 2 aromatic carbocycles. The predicted molar refractivity (Wildman–Crippen MR) is 102 cm³/mol. The monoisotopic (exact) mass is 379 g/mol. The number of nitrogens with one attached hydrogen (secondary N) is 3. The number of phenols is 1. The number of fused-ring (bicyclic) bond motifs is 1. The van der Waals surface area contributed by atoms with E-state index in [2.05, 4.69) is 30.8 Å². The average molecular weight is 379 g/mol. The van der Waals surface area contributed by atoms with Gasteiger partial charge in [-0.2, -0.15) is 10.1 Å². The third-order valence-corrected chi connectivity index (χ3v) is 3.93. The lowest BCUT2D eigenvalue weighted by molar-refractivity contribution is 0.102. The van der Waals surface area contributed by atoms with Gasteiger partial charge >= 0.3 is 0 Å². The number of anilines is 4. The molecule has 0 aliphatic heterocycles. The molecule has 0 fully saturated rings. The van der Waals surface area contributed by atoms with Crippen LogP contribution in [0.2, 0.25) is 0 Å². The van der Waals surface area contributed by atoms with Gasteiger partial charge in [0.05, 0.1) is 5.52 Å². The summed E-state index contributed by atoms with van der Waals surface area (Å²) in [5.41, 5.74) is 7.21. The third kappa shape index (κ3) is 3.38. The van der Waals surface area contributed by atoms with Crippen LogP contribution in [-0.2, 0) is 0 Å². The fourth-order valence-corrected chi connectivity index (χ4v) is 2.63. The van der Waals surface area contributed by atoms with Gasteiger partial charge in [-0.1, -0.05) is 0 Å². The largest absolute Gasteiger partial charge is 0.505 e. The number of benzene rings is 2. The molecule has 0 spiro atoms. The summed E-state index contributed by atoms with van der Waals surface area (Å²) < 4.78 is 13.5. The van der Waals surface area contributed by atoms with Crippen LogP contribution in [0.15, 0.2) is 48.7 Å². The summed E-state index contributed by atoms with van der Waals surface area (Å²) in [6.45, 7) is 0. The second-order valence-corrected chi connectivity index (χ2v) is 5.88. The van der Waals surface area contributed by atoms with E-state index in [0.29, 0.717) is 22.4 Å². The van der Waals surface area contributed by atoms with Crippen molar-refractivity contribution in [3.63, 3.8) is 0 Å². The summed E-state index contributed by atoms with van der Waals surface area (Å²) in [5, 5.41) is 22.2. The van der Waals surface area contributed by atoms with E-state index in [4.69, 9.17) is 5.73 Å². The number of phenolic OH excluding ortho intramolecular Hbond substituents is 1. The first-order chi connectivity index (χ1) is 13.5. The number of amides is 1. The van der Waals surface area contributed by atoms with E-state index in [1.807, 2.05) is 0 Å². The smallest absolute Gasteiger partial charge is 0.276 e. The van der Waals surface area contributed by atoms with Crippen molar-refractivity contribution in [1.29, 1.82) is 0 Å². The highest BCUT2D eigenvalue weighted by molar-refractivity contribution is 6.11. The maximum absolute atomic E-state index is 13.5. The molecule has 28 heavy (non-hydrogen) atoms. The molecule has 10 heteroatoms.